The second-order valence-electron chi connectivity index (χ2n) is 6.64. The van der Waals surface area contributed by atoms with E-state index in [0.29, 0.717) is 24.4 Å². The number of hydrogen-bond acceptors (Lipinski definition) is 8. The Bertz CT molecular complexity index is 664. The van der Waals surface area contributed by atoms with Crippen molar-refractivity contribution in [3.05, 3.63) is 23.4 Å². The van der Waals surface area contributed by atoms with Crippen LogP contribution in [0.25, 0.3) is 0 Å². The van der Waals surface area contributed by atoms with E-state index in [9.17, 15) is 0 Å². The van der Waals surface area contributed by atoms with Crippen LogP contribution in [0.1, 0.15) is 48.6 Å². The molecule has 23 heavy (non-hydrogen) atoms. The van der Waals surface area contributed by atoms with Gasteiger partial charge in [-0.3, -0.25) is 9.80 Å². The molecule has 2 aliphatic rings. The highest BCUT2D eigenvalue weighted by Crippen LogP contribution is 2.38. The quantitative estimate of drug-likeness (QED) is 0.789. The van der Waals surface area contributed by atoms with E-state index in [2.05, 4.69) is 37.1 Å². The number of rotatable bonds is 6. The van der Waals surface area contributed by atoms with Gasteiger partial charge in [0.1, 0.15) is 0 Å². The summed E-state index contributed by atoms with van der Waals surface area (Å²) in [5, 5.41) is 8.05. The molecule has 3 heterocycles. The summed E-state index contributed by atoms with van der Waals surface area (Å²) in [5.41, 5.74) is 0. The average molecular weight is 318 g/mol. The number of hydrogen-bond donors (Lipinski definition) is 0. The highest BCUT2D eigenvalue weighted by atomic mass is 16.5. The standard InChI is InChI=1S/C15H22N6O2/c1-10-16-13(18-22-10)8-20(2)12-5-6-21(7-12)9-14-17-15(19-23-14)11-3-4-11/h11-12H,3-9H2,1-2H3. The fraction of sp³-hybridized carbons (Fsp3) is 0.733. The maximum atomic E-state index is 5.37. The normalized spacial score (nSPS) is 22.3. The summed E-state index contributed by atoms with van der Waals surface area (Å²) in [6.07, 6.45) is 3.52. The zero-order chi connectivity index (χ0) is 15.8. The Labute approximate surface area is 134 Å². The first-order chi connectivity index (χ1) is 11.2. The molecule has 2 aromatic heterocycles. The molecule has 2 fully saturated rings. The SMILES string of the molecule is Cc1nc(CN(C)C2CCN(Cc3nc(C4CC4)no3)C2)no1. The Morgan fingerprint density at radius 1 is 1.17 bits per heavy atom. The second-order valence-corrected chi connectivity index (χ2v) is 6.64. The van der Waals surface area contributed by atoms with E-state index in [1.165, 1.54) is 12.8 Å². The van der Waals surface area contributed by atoms with E-state index in [1.807, 2.05) is 6.92 Å². The molecule has 1 unspecified atom stereocenters. The lowest BCUT2D eigenvalue weighted by Gasteiger charge is -2.22. The van der Waals surface area contributed by atoms with Gasteiger partial charge in [-0.2, -0.15) is 9.97 Å². The average Bonchev–Trinajstić information content (AvgIpc) is 2.93. The predicted molar refractivity (Wildman–Crippen MR) is 80.5 cm³/mol. The number of aromatic nitrogens is 4. The van der Waals surface area contributed by atoms with Crippen LogP contribution in [0.5, 0.6) is 0 Å². The Kier molecular flexibility index (Phi) is 3.86. The van der Waals surface area contributed by atoms with Crippen molar-refractivity contribution in [2.75, 3.05) is 20.1 Å². The summed E-state index contributed by atoms with van der Waals surface area (Å²) < 4.78 is 10.4. The van der Waals surface area contributed by atoms with Crippen molar-refractivity contribution in [3.8, 4) is 0 Å². The molecule has 1 saturated carbocycles. The molecule has 0 amide bonds. The zero-order valence-corrected chi connectivity index (χ0v) is 13.6. The Morgan fingerprint density at radius 3 is 2.78 bits per heavy atom. The summed E-state index contributed by atoms with van der Waals surface area (Å²) in [7, 11) is 2.11. The van der Waals surface area contributed by atoms with Crippen molar-refractivity contribution in [3.63, 3.8) is 0 Å². The molecule has 0 radical (unpaired) electrons. The minimum atomic E-state index is 0.486. The summed E-state index contributed by atoms with van der Waals surface area (Å²) >= 11 is 0. The Morgan fingerprint density at radius 2 is 2.04 bits per heavy atom. The molecular weight excluding hydrogens is 296 g/mol. The van der Waals surface area contributed by atoms with Gasteiger partial charge in [0.05, 0.1) is 13.1 Å². The van der Waals surface area contributed by atoms with Gasteiger partial charge in [0.25, 0.3) is 0 Å². The van der Waals surface area contributed by atoms with Crippen molar-refractivity contribution >= 4 is 0 Å². The minimum Gasteiger partial charge on any atom is -0.340 e. The lowest BCUT2D eigenvalue weighted by molar-refractivity contribution is 0.206. The highest BCUT2D eigenvalue weighted by Gasteiger charge is 2.30. The van der Waals surface area contributed by atoms with Gasteiger partial charge in [0.15, 0.2) is 11.6 Å². The van der Waals surface area contributed by atoms with Crippen LogP contribution < -0.4 is 0 Å². The zero-order valence-electron chi connectivity index (χ0n) is 13.6. The fourth-order valence-corrected chi connectivity index (χ4v) is 3.10. The highest BCUT2D eigenvalue weighted by molar-refractivity contribution is 5.03. The third kappa shape index (κ3) is 3.42. The van der Waals surface area contributed by atoms with Crippen molar-refractivity contribution in [1.82, 2.24) is 30.1 Å². The molecule has 1 saturated heterocycles. The minimum absolute atomic E-state index is 0.486. The molecule has 8 heteroatoms. The molecule has 0 N–H and O–H groups in total. The van der Waals surface area contributed by atoms with E-state index >= 15 is 0 Å². The first-order valence-electron chi connectivity index (χ1n) is 8.21. The lowest BCUT2D eigenvalue weighted by atomic mass is 10.2. The van der Waals surface area contributed by atoms with Gasteiger partial charge in [0.2, 0.25) is 11.8 Å². The van der Waals surface area contributed by atoms with E-state index in [1.54, 1.807) is 0 Å². The Hall–Kier alpha value is -1.80. The molecule has 0 spiro atoms. The van der Waals surface area contributed by atoms with Crippen molar-refractivity contribution in [2.24, 2.45) is 0 Å². The first kappa shape index (κ1) is 14.8. The van der Waals surface area contributed by atoms with Gasteiger partial charge < -0.3 is 9.05 Å². The van der Waals surface area contributed by atoms with Crippen molar-refractivity contribution in [1.29, 1.82) is 0 Å². The van der Waals surface area contributed by atoms with Crippen LogP contribution in [0.3, 0.4) is 0 Å². The van der Waals surface area contributed by atoms with E-state index in [-0.39, 0.29) is 0 Å². The smallest absolute Gasteiger partial charge is 0.240 e. The van der Waals surface area contributed by atoms with Crippen LogP contribution in [0.4, 0.5) is 0 Å². The summed E-state index contributed by atoms with van der Waals surface area (Å²) in [4.78, 5) is 13.4. The Balaban J connectivity index is 1.29. The van der Waals surface area contributed by atoms with Crippen LogP contribution in [-0.2, 0) is 13.1 Å². The monoisotopic (exact) mass is 318 g/mol. The van der Waals surface area contributed by atoms with Crippen LogP contribution in [0, 0.1) is 6.92 Å². The molecule has 4 rings (SSSR count). The molecule has 124 valence electrons. The third-order valence-electron chi connectivity index (χ3n) is 4.62. The maximum Gasteiger partial charge on any atom is 0.240 e. The van der Waals surface area contributed by atoms with E-state index in [0.717, 1.165) is 43.6 Å². The van der Waals surface area contributed by atoms with Crippen LogP contribution in [-0.4, -0.2) is 56.3 Å². The van der Waals surface area contributed by atoms with Crippen molar-refractivity contribution < 1.29 is 9.05 Å². The lowest BCUT2D eigenvalue weighted by Crippen LogP contribution is -2.34. The van der Waals surface area contributed by atoms with Crippen molar-refractivity contribution in [2.45, 2.75) is 51.2 Å². The van der Waals surface area contributed by atoms with Gasteiger partial charge >= 0.3 is 0 Å². The predicted octanol–water partition coefficient (Wildman–Crippen LogP) is 1.34. The third-order valence-corrected chi connectivity index (χ3v) is 4.62. The van der Waals surface area contributed by atoms with Gasteiger partial charge in [-0.1, -0.05) is 10.3 Å². The number of likely N-dealkylation sites (N-methyl/N-ethyl adjacent to an activating group) is 1. The fourth-order valence-electron chi connectivity index (χ4n) is 3.10. The number of nitrogens with zero attached hydrogens (tertiary/aromatic N) is 6. The second kappa shape index (κ2) is 6.01. The molecule has 1 atom stereocenters. The summed E-state index contributed by atoms with van der Waals surface area (Å²) in [5.74, 6) is 3.53. The molecule has 1 aliphatic carbocycles. The van der Waals surface area contributed by atoms with E-state index < -0.39 is 0 Å². The molecule has 8 nitrogen and oxygen atoms in total. The van der Waals surface area contributed by atoms with Gasteiger partial charge in [0, 0.05) is 32.0 Å². The van der Waals surface area contributed by atoms with Gasteiger partial charge in [-0.15, -0.1) is 0 Å². The van der Waals surface area contributed by atoms with Crippen LogP contribution in [0.2, 0.25) is 0 Å². The maximum absolute atomic E-state index is 5.37. The number of aryl methyl sites for hydroxylation is 1. The molecule has 2 aromatic rings. The number of likely N-dealkylation sites (tertiary alicyclic amines) is 1. The van der Waals surface area contributed by atoms with Gasteiger partial charge in [-0.25, -0.2) is 0 Å². The molecule has 1 aliphatic heterocycles. The molecule has 0 aromatic carbocycles. The summed E-state index contributed by atoms with van der Waals surface area (Å²) in [6.45, 7) is 5.30. The van der Waals surface area contributed by atoms with Crippen LogP contribution >= 0.6 is 0 Å². The van der Waals surface area contributed by atoms with E-state index in [4.69, 9.17) is 9.05 Å². The first-order valence-corrected chi connectivity index (χ1v) is 8.21. The van der Waals surface area contributed by atoms with Gasteiger partial charge in [-0.05, 0) is 26.3 Å². The molecule has 0 bridgehead atoms. The topological polar surface area (TPSA) is 84.3 Å². The molecular formula is C15H22N6O2. The largest absolute Gasteiger partial charge is 0.340 e. The van der Waals surface area contributed by atoms with Crippen LogP contribution in [0.15, 0.2) is 9.05 Å². The summed E-state index contributed by atoms with van der Waals surface area (Å²) in [6, 6.07) is 0.486.